The molecule has 0 saturated carbocycles. The molecule has 0 heterocycles. The van der Waals surface area contributed by atoms with Crippen LogP contribution in [0.15, 0.2) is 29.2 Å². The number of hydrogen-bond acceptors (Lipinski definition) is 4. The lowest BCUT2D eigenvalue weighted by molar-refractivity contribution is -0.124. The second-order valence-corrected chi connectivity index (χ2v) is 4.86. The lowest BCUT2D eigenvalue weighted by Gasteiger charge is -2.09. The number of nitrogens with one attached hydrogen (secondary N) is 2. The second-order valence-electron chi connectivity index (χ2n) is 3.81. The number of carbonyl (C=O) groups is 2. The van der Waals surface area contributed by atoms with E-state index in [9.17, 15) is 22.8 Å². The molecule has 0 spiro atoms. The van der Waals surface area contributed by atoms with Gasteiger partial charge in [0.15, 0.2) is 0 Å². The van der Waals surface area contributed by atoms with Crippen LogP contribution in [0, 0.1) is 0 Å². The Balaban J connectivity index is 2.35. The second kappa shape index (κ2) is 7.77. The number of ether oxygens (including phenoxy) is 1. The van der Waals surface area contributed by atoms with Crippen molar-refractivity contribution in [2.75, 3.05) is 19.4 Å². The number of carbonyl (C=O) groups excluding carboxylic acids is 2. The summed E-state index contributed by atoms with van der Waals surface area (Å²) in [6, 6.07) is 5.72. The van der Waals surface area contributed by atoms with Gasteiger partial charge in [-0.1, -0.05) is 6.07 Å². The van der Waals surface area contributed by atoms with Crippen molar-refractivity contribution >= 4 is 23.7 Å². The first-order chi connectivity index (χ1) is 9.80. The average Bonchev–Trinajstić information content (AvgIpc) is 2.42. The summed E-state index contributed by atoms with van der Waals surface area (Å²) in [4.78, 5) is 23.2. The number of methoxy groups -OCH3 is 1. The molecule has 0 aliphatic carbocycles. The number of benzene rings is 1. The van der Waals surface area contributed by atoms with Gasteiger partial charge in [-0.25, -0.2) is 4.79 Å². The molecule has 2 N–H and O–H groups in total. The number of urea groups is 1. The van der Waals surface area contributed by atoms with Gasteiger partial charge in [-0.3, -0.25) is 10.1 Å². The molecule has 0 aromatic heterocycles. The van der Waals surface area contributed by atoms with E-state index in [0.717, 1.165) is 16.7 Å². The number of imide groups is 1. The van der Waals surface area contributed by atoms with Crippen molar-refractivity contribution in [3.05, 3.63) is 24.3 Å². The third-order valence-electron chi connectivity index (χ3n) is 2.11. The Hall–Kier alpha value is -1.90. The van der Waals surface area contributed by atoms with E-state index >= 15 is 0 Å². The summed E-state index contributed by atoms with van der Waals surface area (Å²) < 4.78 is 40.6. The zero-order valence-electron chi connectivity index (χ0n) is 11.0. The van der Waals surface area contributed by atoms with Gasteiger partial charge in [0, 0.05) is 4.90 Å². The molecule has 5 nitrogen and oxygen atoms in total. The summed E-state index contributed by atoms with van der Waals surface area (Å²) in [7, 11) is 1.50. The molecule has 1 aromatic rings. The van der Waals surface area contributed by atoms with Crippen molar-refractivity contribution in [3.8, 4) is 5.75 Å². The summed E-state index contributed by atoms with van der Waals surface area (Å²) in [5.74, 6) is -0.182. The topological polar surface area (TPSA) is 67.4 Å². The van der Waals surface area contributed by atoms with Gasteiger partial charge in [-0.05, 0) is 18.2 Å². The van der Waals surface area contributed by atoms with Crippen molar-refractivity contribution < 1.29 is 27.5 Å². The highest BCUT2D eigenvalue weighted by molar-refractivity contribution is 8.00. The molecule has 1 rings (SSSR count). The quantitative estimate of drug-likeness (QED) is 0.816. The monoisotopic (exact) mass is 322 g/mol. The van der Waals surface area contributed by atoms with Crippen LogP contribution in [0.1, 0.15) is 0 Å². The predicted octanol–water partition coefficient (Wildman–Crippen LogP) is 2.18. The zero-order valence-corrected chi connectivity index (χ0v) is 11.8. The standard InChI is InChI=1S/C12H13F3N2O3S/c1-20-8-3-2-4-9(5-8)21-6-10(18)17-11(19)16-7-12(13,14)15/h2-5H,6-7H2,1H3,(H2,16,17,18,19). The van der Waals surface area contributed by atoms with Crippen LogP contribution in [0.25, 0.3) is 0 Å². The van der Waals surface area contributed by atoms with Gasteiger partial charge in [0.2, 0.25) is 5.91 Å². The lowest BCUT2D eigenvalue weighted by Crippen LogP contribution is -2.43. The van der Waals surface area contributed by atoms with Crippen LogP contribution in [0.5, 0.6) is 5.75 Å². The van der Waals surface area contributed by atoms with Crippen LogP contribution in [0.2, 0.25) is 0 Å². The SMILES string of the molecule is COc1cccc(SCC(=O)NC(=O)NCC(F)(F)F)c1. The van der Waals surface area contributed by atoms with Crippen molar-refractivity contribution in [2.24, 2.45) is 0 Å². The molecule has 0 unspecified atom stereocenters. The molecule has 0 fully saturated rings. The van der Waals surface area contributed by atoms with Crippen molar-refractivity contribution in [1.82, 2.24) is 10.6 Å². The van der Waals surface area contributed by atoms with Gasteiger partial charge in [0.05, 0.1) is 12.9 Å². The van der Waals surface area contributed by atoms with Gasteiger partial charge in [-0.2, -0.15) is 13.2 Å². The number of rotatable bonds is 5. The average molecular weight is 322 g/mol. The zero-order chi connectivity index (χ0) is 15.9. The highest BCUT2D eigenvalue weighted by Gasteiger charge is 2.27. The summed E-state index contributed by atoms with van der Waals surface area (Å²) in [6.45, 7) is -1.49. The Morgan fingerprint density at radius 3 is 2.67 bits per heavy atom. The molecule has 21 heavy (non-hydrogen) atoms. The van der Waals surface area contributed by atoms with Gasteiger partial charge in [-0.15, -0.1) is 11.8 Å². The third kappa shape index (κ3) is 7.45. The number of hydrogen-bond donors (Lipinski definition) is 2. The largest absolute Gasteiger partial charge is 0.497 e. The van der Waals surface area contributed by atoms with Crippen LogP contribution in [0.3, 0.4) is 0 Å². The molecule has 0 aliphatic heterocycles. The first kappa shape index (κ1) is 17.2. The number of alkyl halides is 3. The molecule has 1 aromatic carbocycles. The highest BCUT2D eigenvalue weighted by Crippen LogP contribution is 2.22. The Labute approximate surface area is 123 Å². The number of halogens is 3. The van der Waals surface area contributed by atoms with E-state index < -0.39 is 24.7 Å². The summed E-state index contributed by atoms with van der Waals surface area (Å²) in [6.07, 6.45) is -4.52. The maximum Gasteiger partial charge on any atom is 0.405 e. The van der Waals surface area contributed by atoms with Crippen LogP contribution in [0.4, 0.5) is 18.0 Å². The van der Waals surface area contributed by atoms with Gasteiger partial charge >= 0.3 is 12.2 Å². The van der Waals surface area contributed by atoms with Crippen LogP contribution < -0.4 is 15.4 Å². The number of amides is 3. The van der Waals surface area contributed by atoms with Crippen LogP contribution in [-0.4, -0.2) is 37.5 Å². The van der Waals surface area contributed by atoms with Gasteiger partial charge in [0.25, 0.3) is 0 Å². The van der Waals surface area contributed by atoms with E-state index in [1.165, 1.54) is 7.11 Å². The van der Waals surface area contributed by atoms with Crippen molar-refractivity contribution in [2.45, 2.75) is 11.1 Å². The van der Waals surface area contributed by atoms with Gasteiger partial charge < -0.3 is 10.1 Å². The summed E-state index contributed by atoms with van der Waals surface area (Å²) in [5.41, 5.74) is 0. The summed E-state index contributed by atoms with van der Waals surface area (Å²) >= 11 is 1.13. The molecule has 0 saturated heterocycles. The Morgan fingerprint density at radius 1 is 1.33 bits per heavy atom. The molecule has 0 aliphatic rings. The molecule has 3 amide bonds. The minimum Gasteiger partial charge on any atom is -0.497 e. The summed E-state index contributed by atoms with van der Waals surface area (Å²) in [5, 5.41) is 3.36. The highest BCUT2D eigenvalue weighted by atomic mass is 32.2. The third-order valence-corrected chi connectivity index (χ3v) is 3.11. The van der Waals surface area contributed by atoms with Crippen LogP contribution in [-0.2, 0) is 4.79 Å². The maximum atomic E-state index is 11.9. The predicted molar refractivity (Wildman–Crippen MR) is 71.3 cm³/mol. The van der Waals surface area contributed by atoms with E-state index in [2.05, 4.69) is 0 Å². The normalized spacial score (nSPS) is 10.9. The van der Waals surface area contributed by atoms with E-state index in [0.29, 0.717) is 5.75 Å². The Bertz CT molecular complexity index is 509. The lowest BCUT2D eigenvalue weighted by atomic mass is 10.3. The smallest absolute Gasteiger partial charge is 0.405 e. The molecule has 0 atom stereocenters. The van der Waals surface area contributed by atoms with E-state index in [1.807, 2.05) is 5.32 Å². The van der Waals surface area contributed by atoms with E-state index in [1.54, 1.807) is 29.6 Å². The molecular formula is C12H13F3N2O3S. The van der Waals surface area contributed by atoms with Crippen molar-refractivity contribution in [3.63, 3.8) is 0 Å². The van der Waals surface area contributed by atoms with Gasteiger partial charge in [0.1, 0.15) is 12.3 Å². The molecule has 0 radical (unpaired) electrons. The molecule has 0 bridgehead atoms. The Morgan fingerprint density at radius 2 is 2.05 bits per heavy atom. The maximum absolute atomic E-state index is 11.9. The first-order valence-electron chi connectivity index (χ1n) is 5.71. The van der Waals surface area contributed by atoms with E-state index in [-0.39, 0.29) is 5.75 Å². The van der Waals surface area contributed by atoms with Crippen LogP contribution >= 0.6 is 11.8 Å². The number of thioether (sulfide) groups is 1. The fourth-order valence-electron chi connectivity index (χ4n) is 1.23. The molecule has 9 heteroatoms. The first-order valence-corrected chi connectivity index (χ1v) is 6.70. The Kier molecular flexibility index (Phi) is 6.35. The van der Waals surface area contributed by atoms with Crippen molar-refractivity contribution in [1.29, 1.82) is 0 Å². The fourth-order valence-corrected chi connectivity index (χ4v) is 1.97. The molecular weight excluding hydrogens is 309 g/mol. The minimum absolute atomic E-state index is 0.105. The molecule has 116 valence electrons. The van der Waals surface area contributed by atoms with E-state index in [4.69, 9.17) is 4.74 Å². The minimum atomic E-state index is -4.52. The fraction of sp³-hybridized carbons (Fsp3) is 0.333.